The first-order valence-electron chi connectivity index (χ1n) is 9.85. The van der Waals surface area contributed by atoms with Crippen molar-refractivity contribution in [3.8, 4) is 22.8 Å². The third-order valence-corrected chi connectivity index (χ3v) is 4.82. The summed E-state index contributed by atoms with van der Waals surface area (Å²) in [5.41, 5.74) is 2.54. The SMILES string of the molecule is COc1ccccc1OCCNC(=O)c1cc(-c2ccc(F)cc2)nc2ccccc12. The quantitative estimate of drug-likeness (QED) is 0.437. The number of halogens is 1. The van der Waals surface area contributed by atoms with Gasteiger partial charge in [0.05, 0.1) is 30.4 Å². The number of carbonyl (C=O) groups excluding carboxylic acids is 1. The standard InChI is InChI=1S/C25H21FN2O3/c1-30-23-8-4-5-9-24(23)31-15-14-27-25(29)20-16-22(17-10-12-18(26)13-11-17)28-21-7-3-2-6-19(20)21/h2-13,16H,14-15H2,1H3,(H,27,29). The fourth-order valence-electron chi connectivity index (χ4n) is 3.29. The van der Waals surface area contributed by atoms with Gasteiger partial charge in [0.25, 0.3) is 5.91 Å². The molecule has 0 atom stereocenters. The number of nitrogens with one attached hydrogen (secondary N) is 1. The third kappa shape index (κ3) is 4.64. The lowest BCUT2D eigenvalue weighted by Gasteiger charge is -2.12. The van der Waals surface area contributed by atoms with Crippen molar-refractivity contribution >= 4 is 16.8 Å². The molecule has 0 unspecified atom stereocenters. The summed E-state index contributed by atoms with van der Waals surface area (Å²) in [6.07, 6.45) is 0. The summed E-state index contributed by atoms with van der Waals surface area (Å²) >= 11 is 0. The van der Waals surface area contributed by atoms with Crippen molar-refractivity contribution < 1.29 is 18.7 Å². The normalized spacial score (nSPS) is 10.6. The van der Waals surface area contributed by atoms with Crippen LogP contribution in [0.3, 0.4) is 0 Å². The summed E-state index contributed by atoms with van der Waals surface area (Å²) in [7, 11) is 1.58. The molecule has 0 saturated carbocycles. The Balaban J connectivity index is 1.52. The Morgan fingerprint density at radius 2 is 1.68 bits per heavy atom. The highest BCUT2D eigenvalue weighted by molar-refractivity contribution is 6.07. The minimum Gasteiger partial charge on any atom is -0.493 e. The van der Waals surface area contributed by atoms with Gasteiger partial charge in [-0.3, -0.25) is 4.79 Å². The number of ether oxygens (including phenoxy) is 2. The minimum atomic E-state index is -0.322. The lowest BCUT2D eigenvalue weighted by molar-refractivity contribution is 0.0948. The first-order chi connectivity index (χ1) is 15.2. The molecule has 3 aromatic carbocycles. The van der Waals surface area contributed by atoms with Crippen LogP contribution in [0.25, 0.3) is 22.2 Å². The number of carbonyl (C=O) groups is 1. The summed E-state index contributed by atoms with van der Waals surface area (Å²) in [5, 5.41) is 3.64. The fraction of sp³-hybridized carbons (Fsp3) is 0.120. The molecule has 0 fully saturated rings. The number of nitrogens with zero attached hydrogens (tertiary/aromatic N) is 1. The Bertz CT molecular complexity index is 1210. The van der Waals surface area contributed by atoms with E-state index in [1.165, 1.54) is 12.1 Å². The maximum Gasteiger partial charge on any atom is 0.252 e. The Labute approximate surface area is 179 Å². The maximum absolute atomic E-state index is 13.3. The van der Waals surface area contributed by atoms with Crippen molar-refractivity contribution in [1.82, 2.24) is 10.3 Å². The van der Waals surface area contributed by atoms with Crippen LogP contribution in [0.4, 0.5) is 4.39 Å². The minimum absolute atomic E-state index is 0.231. The number of rotatable bonds is 7. The zero-order valence-corrected chi connectivity index (χ0v) is 17.0. The van der Waals surface area contributed by atoms with Crippen LogP contribution in [0.1, 0.15) is 10.4 Å². The highest BCUT2D eigenvalue weighted by Gasteiger charge is 2.14. The third-order valence-electron chi connectivity index (χ3n) is 4.82. The number of hydrogen-bond acceptors (Lipinski definition) is 4. The molecule has 0 aliphatic heterocycles. The predicted molar refractivity (Wildman–Crippen MR) is 118 cm³/mol. The van der Waals surface area contributed by atoms with Gasteiger partial charge in [-0.2, -0.15) is 0 Å². The molecule has 1 N–H and O–H groups in total. The van der Waals surface area contributed by atoms with Crippen LogP contribution >= 0.6 is 0 Å². The van der Waals surface area contributed by atoms with Crippen LogP contribution < -0.4 is 14.8 Å². The van der Waals surface area contributed by atoms with Crippen molar-refractivity contribution in [3.05, 3.63) is 90.2 Å². The second-order valence-electron chi connectivity index (χ2n) is 6.83. The van der Waals surface area contributed by atoms with Crippen LogP contribution in [-0.2, 0) is 0 Å². The van der Waals surface area contributed by atoms with Gasteiger partial charge in [-0.05, 0) is 48.5 Å². The molecule has 156 valence electrons. The highest BCUT2D eigenvalue weighted by Crippen LogP contribution is 2.26. The predicted octanol–water partition coefficient (Wildman–Crippen LogP) is 4.86. The molecule has 0 radical (unpaired) electrons. The number of aromatic nitrogens is 1. The topological polar surface area (TPSA) is 60.5 Å². The van der Waals surface area contributed by atoms with E-state index < -0.39 is 0 Å². The monoisotopic (exact) mass is 416 g/mol. The molecule has 0 aliphatic rings. The van der Waals surface area contributed by atoms with Gasteiger partial charge in [0.1, 0.15) is 12.4 Å². The molecule has 0 bridgehead atoms. The van der Waals surface area contributed by atoms with E-state index in [1.807, 2.05) is 48.5 Å². The maximum atomic E-state index is 13.3. The first-order valence-corrected chi connectivity index (χ1v) is 9.85. The molecular weight excluding hydrogens is 395 g/mol. The van der Waals surface area contributed by atoms with Crippen molar-refractivity contribution in [1.29, 1.82) is 0 Å². The van der Waals surface area contributed by atoms with Crippen LogP contribution in [0.2, 0.25) is 0 Å². The number of fused-ring (bicyclic) bond motifs is 1. The molecule has 1 aromatic heterocycles. The molecule has 1 heterocycles. The van der Waals surface area contributed by atoms with Crippen LogP contribution in [-0.4, -0.2) is 31.2 Å². The Kier molecular flexibility index (Phi) is 6.08. The van der Waals surface area contributed by atoms with E-state index in [0.29, 0.717) is 41.4 Å². The van der Waals surface area contributed by atoms with Gasteiger partial charge in [-0.25, -0.2) is 9.37 Å². The average Bonchev–Trinajstić information content (AvgIpc) is 2.81. The molecule has 4 aromatic rings. The first kappa shape index (κ1) is 20.3. The zero-order valence-electron chi connectivity index (χ0n) is 17.0. The van der Waals surface area contributed by atoms with Crippen molar-refractivity contribution in [3.63, 3.8) is 0 Å². The van der Waals surface area contributed by atoms with E-state index in [2.05, 4.69) is 10.3 Å². The Morgan fingerprint density at radius 3 is 2.45 bits per heavy atom. The fourth-order valence-corrected chi connectivity index (χ4v) is 3.29. The number of pyridine rings is 1. The molecule has 5 nitrogen and oxygen atoms in total. The van der Waals surface area contributed by atoms with Crippen LogP contribution in [0, 0.1) is 5.82 Å². The molecule has 6 heteroatoms. The van der Waals surface area contributed by atoms with Crippen molar-refractivity contribution in [2.75, 3.05) is 20.3 Å². The lowest BCUT2D eigenvalue weighted by atomic mass is 10.0. The largest absolute Gasteiger partial charge is 0.493 e. The highest BCUT2D eigenvalue weighted by atomic mass is 19.1. The van der Waals surface area contributed by atoms with E-state index in [4.69, 9.17) is 9.47 Å². The summed E-state index contributed by atoms with van der Waals surface area (Å²) in [5.74, 6) is 0.702. The van der Waals surface area contributed by atoms with E-state index in [0.717, 1.165) is 10.9 Å². The number of benzene rings is 3. The molecule has 1 amide bonds. The summed E-state index contributed by atoms with van der Waals surface area (Å²) in [6, 6.07) is 22.6. The molecule has 0 spiro atoms. The second kappa shape index (κ2) is 9.26. The van der Waals surface area contributed by atoms with Crippen molar-refractivity contribution in [2.45, 2.75) is 0 Å². The van der Waals surface area contributed by atoms with Gasteiger partial charge in [0, 0.05) is 10.9 Å². The molecule has 31 heavy (non-hydrogen) atoms. The van der Waals surface area contributed by atoms with Gasteiger partial charge < -0.3 is 14.8 Å². The summed E-state index contributed by atoms with van der Waals surface area (Å²) in [4.78, 5) is 17.6. The van der Waals surface area contributed by atoms with E-state index in [9.17, 15) is 9.18 Å². The molecule has 0 saturated heterocycles. The summed E-state index contributed by atoms with van der Waals surface area (Å²) in [6.45, 7) is 0.610. The molecular formula is C25H21FN2O3. The summed E-state index contributed by atoms with van der Waals surface area (Å²) < 4.78 is 24.3. The number of hydrogen-bond donors (Lipinski definition) is 1. The zero-order chi connectivity index (χ0) is 21.6. The molecule has 4 rings (SSSR count). The Hall–Kier alpha value is -3.93. The van der Waals surface area contributed by atoms with Gasteiger partial charge in [0.15, 0.2) is 11.5 Å². The number of methoxy groups -OCH3 is 1. The van der Waals surface area contributed by atoms with Gasteiger partial charge in [-0.1, -0.05) is 30.3 Å². The average molecular weight is 416 g/mol. The van der Waals surface area contributed by atoms with Crippen LogP contribution in [0.5, 0.6) is 11.5 Å². The van der Waals surface area contributed by atoms with Gasteiger partial charge in [-0.15, -0.1) is 0 Å². The smallest absolute Gasteiger partial charge is 0.252 e. The number of para-hydroxylation sites is 3. The van der Waals surface area contributed by atoms with E-state index in [-0.39, 0.29) is 11.7 Å². The second-order valence-corrected chi connectivity index (χ2v) is 6.83. The Morgan fingerprint density at radius 1 is 0.968 bits per heavy atom. The van der Waals surface area contributed by atoms with E-state index in [1.54, 1.807) is 25.3 Å². The van der Waals surface area contributed by atoms with Gasteiger partial charge >= 0.3 is 0 Å². The van der Waals surface area contributed by atoms with E-state index >= 15 is 0 Å². The van der Waals surface area contributed by atoms with Crippen LogP contribution in [0.15, 0.2) is 78.9 Å². The molecule has 0 aliphatic carbocycles. The lowest BCUT2D eigenvalue weighted by Crippen LogP contribution is -2.28. The van der Waals surface area contributed by atoms with Crippen molar-refractivity contribution in [2.24, 2.45) is 0 Å². The van der Waals surface area contributed by atoms with Gasteiger partial charge in [0.2, 0.25) is 0 Å². The number of amides is 1.